The Morgan fingerprint density at radius 3 is 2.33 bits per heavy atom. The standard InChI is InChI=1S/C16H25N3O4.HI/c1-17-16(19-10-8-15(20)23-4)18-9-7-12-5-6-13(21-2)14(11-12)22-3;/h5-6,11H,7-10H2,1-4H3,(H2,17,18,19);1H. The lowest BCUT2D eigenvalue weighted by Gasteiger charge is -2.12. The molecule has 0 spiro atoms. The van der Waals surface area contributed by atoms with Crippen molar-refractivity contribution < 1.29 is 19.0 Å². The number of rotatable bonds is 8. The highest BCUT2D eigenvalue weighted by molar-refractivity contribution is 14.0. The molecule has 0 aromatic heterocycles. The van der Waals surface area contributed by atoms with E-state index in [0.29, 0.717) is 37.0 Å². The van der Waals surface area contributed by atoms with Crippen molar-refractivity contribution in [1.29, 1.82) is 0 Å². The molecule has 0 saturated heterocycles. The zero-order valence-corrected chi connectivity index (χ0v) is 16.9. The Bertz CT molecular complexity index is 538. The van der Waals surface area contributed by atoms with Crippen LogP contribution in [0.2, 0.25) is 0 Å². The zero-order valence-electron chi connectivity index (χ0n) is 14.5. The second kappa shape index (κ2) is 12.7. The van der Waals surface area contributed by atoms with Gasteiger partial charge in [-0.3, -0.25) is 9.79 Å². The van der Waals surface area contributed by atoms with Crippen molar-refractivity contribution in [2.75, 3.05) is 41.5 Å². The van der Waals surface area contributed by atoms with E-state index in [0.717, 1.165) is 12.0 Å². The Morgan fingerprint density at radius 2 is 1.75 bits per heavy atom. The molecule has 24 heavy (non-hydrogen) atoms. The molecule has 7 nitrogen and oxygen atoms in total. The molecule has 136 valence electrons. The lowest BCUT2D eigenvalue weighted by atomic mass is 10.1. The largest absolute Gasteiger partial charge is 0.493 e. The SMILES string of the molecule is CN=C(NCCC(=O)OC)NCCc1ccc(OC)c(OC)c1.I. The van der Waals surface area contributed by atoms with Crippen LogP contribution in [-0.2, 0) is 16.0 Å². The average Bonchev–Trinajstić information content (AvgIpc) is 2.59. The lowest BCUT2D eigenvalue weighted by molar-refractivity contribution is -0.140. The monoisotopic (exact) mass is 451 g/mol. The number of benzene rings is 1. The Labute approximate surface area is 160 Å². The summed E-state index contributed by atoms with van der Waals surface area (Å²) in [4.78, 5) is 15.1. The third-order valence-corrected chi connectivity index (χ3v) is 3.23. The van der Waals surface area contributed by atoms with E-state index in [1.807, 2.05) is 18.2 Å². The Hall–Kier alpha value is -1.71. The fourth-order valence-electron chi connectivity index (χ4n) is 1.97. The van der Waals surface area contributed by atoms with Gasteiger partial charge in [0.1, 0.15) is 0 Å². The number of carbonyl (C=O) groups is 1. The second-order valence-electron chi connectivity index (χ2n) is 4.69. The van der Waals surface area contributed by atoms with E-state index in [2.05, 4.69) is 20.4 Å². The molecule has 0 aliphatic heterocycles. The number of hydrogen-bond acceptors (Lipinski definition) is 5. The maximum Gasteiger partial charge on any atom is 0.307 e. The van der Waals surface area contributed by atoms with Gasteiger partial charge in [0.05, 0.1) is 27.8 Å². The molecule has 0 aliphatic rings. The Morgan fingerprint density at radius 1 is 1.08 bits per heavy atom. The molecule has 0 aliphatic carbocycles. The van der Waals surface area contributed by atoms with Gasteiger partial charge in [0.25, 0.3) is 0 Å². The first-order chi connectivity index (χ1) is 11.1. The summed E-state index contributed by atoms with van der Waals surface area (Å²) >= 11 is 0. The smallest absolute Gasteiger partial charge is 0.307 e. The van der Waals surface area contributed by atoms with Gasteiger partial charge in [-0.15, -0.1) is 24.0 Å². The molecule has 0 bridgehead atoms. The molecule has 8 heteroatoms. The zero-order chi connectivity index (χ0) is 17.1. The van der Waals surface area contributed by atoms with Crippen molar-refractivity contribution in [3.8, 4) is 11.5 Å². The third-order valence-electron chi connectivity index (χ3n) is 3.23. The molecular formula is C16H26IN3O4. The summed E-state index contributed by atoms with van der Waals surface area (Å²) in [6, 6.07) is 5.84. The van der Waals surface area contributed by atoms with Gasteiger partial charge in [0, 0.05) is 20.1 Å². The van der Waals surface area contributed by atoms with Gasteiger partial charge in [-0.2, -0.15) is 0 Å². The Kier molecular flexibility index (Phi) is 11.8. The average molecular weight is 451 g/mol. The number of ether oxygens (including phenoxy) is 3. The molecule has 0 saturated carbocycles. The highest BCUT2D eigenvalue weighted by Gasteiger charge is 2.05. The number of aliphatic imine (C=N–C) groups is 1. The number of esters is 1. The predicted octanol–water partition coefficient (Wildman–Crippen LogP) is 1.59. The van der Waals surface area contributed by atoms with Gasteiger partial charge in [-0.1, -0.05) is 6.07 Å². The van der Waals surface area contributed by atoms with Crippen molar-refractivity contribution >= 4 is 35.9 Å². The molecule has 0 fully saturated rings. The fraction of sp³-hybridized carbons (Fsp3) is 0.500. The molecule has 0 radical (unpaired) electrons. The van der Waals surface area contributed by atoms with Crippen LogP contribution in [0.3, 0.4) is 0 Å². The van der Waals surface area contributed by atoms with Crippen LogP contribution in [0.15, 0.2) is 23.2 Å². The van der Waals surface area contributed by atoms with Crippen molar-refractivity contribution in [1.82, 2.24) is 10.6 Å². The molecule has 1 aromatic rings. The molecule has 0 unspecified atom stereocenters. The molecule has 0 atom stereocenters. The normalized spacial score (nSPS) is 10.4. The minimum absolute atomic E-state index is 0. The van der Waals surface area contributed by atoms with Gasteiger partial charge in [0.2, 0.25) is 0 Å². The molecule has 1 rings (SSSR count). The second-order valence-corrected chi connectivity index (χ2v) is 4.69. The van der Waals surface area contributed by atoms with Gasteiger partial charge >= 0.3 is 5.97 Å². The summed E-state index contributed by atoms with van der Waals surface area (Å²) < 4.78 is 15.1. The maximum atomic E-state index is 11.0. The molecule has 0 heterocycles. The Balaban J connectivity index is 0.00000529. The van der Waals surface area contributed by atoms with Gasteiger partial charge in [0.15, 0.2) is 17.5 Å². The predicted molar refractivity (Wildman–Crippen MR) is 105 cm³/mol. The number of carbonyl (C=O) groups excluding carboxylic acids is 1. The topological polar surface area (TPSA) is 81.2 Å². The van der Waals surface area contributed by atoms with E-state index in [1.54, 1.807) is 21.3 Å². The first-order valence-electron chi connectivity index (χ1n) is 7.36. The number of nitrogens with zero attached hydrogens (tertiary/aromatic N) is 1. The van der Waals surface area contributed by atoms with Crippen LogP contribution in [0.1, 0.15) is 12.0 Å². The van der Waals surface area contributed by atoms with Crippen molar-refractivity contribution in [2.45, 2.75) is 12.8 Å². The van der Waals surface area contributed by atoms with E-state index in [1.165, 1.54) is 7.11 Å². The van der Waals surface area contributed by atoms with Gasteiger partial charge < -0.3 is 24.8 Å². The fourth-order valence-corrected chi connectivity index (χ4v) is 1.97. The number of halogens is 1. The van der Waals surface area contributed by atoms with Crippen LogP contribution in [0.5, 0.6) is 11.5 Å². The number of nitrogens with one attached hydrogen (secondary N) is 2. The highest BCUT2D eigenvalue weighted by Crippen LogP contribution is 2.27. The van der Waals surface area contributed by atoms with Crippen LogP contribution < -0.4 is 20.1 Å². The molecule has 1 aromatic carbocycles. The van der Waals surface area contributed by atoms with Crippen LogP contribution >= 0.6 is 24.0 Å². The third kappa shape index (κ3) is 7.71. The quantitative estimate of drug-likeness (QED) is 0.271. The van der Waals surface area contributed by atoms with Crippen molar-refractivity contribution in [3.63, 3.8) is 0 Å². The highest BCUT2D eigenvalue weighted by atomic mass is 127. The summed E-state index contributed by atoms with van der Waals surface area (Å²) in [5.74, 6) is 1.82. The minimum Gasteiger partial charge on any atom is -0.493 e. The van der Waals surface area contributed by atoms with Crippen molar-refractivity contribution in [2.24, 2.45) is 4.99 Å². The van der Waals surface area contributed by atoms with Crippen LogP contribution in [0.25, 0.3) is 0 Å². The molecular weight excluding hydrogens is 425 g/mol. The number of hydrogen-bond donors (Lipinski definition) is 2. The first kappa shape index (κ1) is 22.3. The van der Waals surface area contributed by atoms with E-state index >= 15 is 0 Å². The van der Waals surface area contributed by atoms with Crippen molar-refractivity contribution in [3.05, 3.63) is 23.8 Å². The molecule has 2 N–H and O–H groups in total. The van der Waals surface area contributed by atoms with E-state index in [-0.39, 0.29) is 29.9 Å². The number of methoxy groups -OCH3 is 3. The van der Waals surface area contributed by atoms with Crippen LogP contribution in [0.4, 0.5) is 0 Å². The summed E-state index contributed by atoms with van der Waals surface area (Å²) in [6.45, 7) is 1.18. The maximum absolute atomic E-state index is 11.0. The van der Waals surface area contributed by atoms with Gasteiger partial charge in [-0.25, -0.2) is 0 Å². The minimum atomic E-state index is -0.252. The van der Waals surface area contributed by atoms with Crippen LogP contribution in [-0.4, -0.2) is 53.4 Å². The van der Waals surface area contributed by atoms with E-state index in [9.17, 15) is 4.79 Å². The van der Waals surface area contributed by atoms with Gasteiger partial charge in [-0.05, 0) is 24.1 Å². The summed E-state index contributed by atoms with van der Waals surface area (Å²) in [5.41, 5.74) is 1.13. The summed E-state index contributed by atoms with van der Waals surface area (Å²) in [5, 5.41) is 6.25. The summed E-state index contributed by atoms with van der Waals surface area (Å²) in [6.07, 6.45) is 1.10. The summed E-state index contributed by atoms with van der Waals surface area (Å²) in [7, 11) is 6.29. The first-order valence-corrected chi connectivity index (χ1v) is 7.36. The lowest BCUT2D eigenvalue weighted by Crippen LogP contribution is -2.39. The number of guanidine groups is 1. The molecule has 0 amide bonds. The van der Waals surface area contributed by atoms with E-state index < -0.39 is 0 Å². The van der Waals surface area contributed by atoms with Crippen LogP contribution in [0, 0.1) is 0 Å². The van der Waals surface area contributed by atoms with E-state index in [4.69, 9.17) is 9.47 Å².